The molecule has 1 atom stereocenters. The van der Waals surface area contributed by atoms with Gasteiger partial charge in [-0.05, 0) is 19.4 Å². The lowest BCUT2D eigenvalue weighted by atomic mass is 10.0. The average molecular weight is 201 g/mol. The van der Waals surface area contributed by atoms with Gasteiger partial charge in [0.15, 0.2) is 6.29 Å². The Bertz CT molecular complexity index is 169. The Morgan fingerprint density at radius 2 is 2.00 bits per heavy atom. The number of hydrogen-bond acceptors (Lipinski definition) is 4. The Morgan fingerprint density at radius 1 is 1.21 bits per heavy atom. The molecular weight excluding hydrogens is 182 g/mol. The Balaban J connectivity index is 1.91. The molecule has 2 fully saturated rings. The number of hydrogen-bond donors (Lipinski definition) is 1. The molecule has 0 spiro atoms. The van der Waals surface area contributed by atoms with Gasteiger partial charge in [-0.1, -0.05) is 6.42 Å². The van der Waals surface area contributed by atoms with Crippen molar-refractivity contribution < 1.29 is 14.6 Å². The van der Waals surface area contributed by atoms with Crippen molar-refractivity contribution in [2.75, 3.05) is 32.9 Å². The van der Waals surface area contributed by atoms with E-state index in [0.717, 1.165) is 19.5 Å². The molecule has 14 heavy (non-hydrogen) atoms. The van der Waals surface area contributed by atoms with Crippen molar-refractivity contribution in [2.24, 2.45) is 0 Å². The summed E-state index contributed by atoms with van der Waals surface area (Å²) in [5.41, 5.74) is 0. The van der Waals surface area contributed by atoms with Crippen LogP contribution in [-0.4, -0.2) is 55.2 Å². The number of aliphatic hydroxyl groups is 1. The summed E-state index contributed by atoms with van der Waals surface area (Å²) in [4.78, 5) is 2.29. The van der Waals surface area contributed by atoms with Gasteiger partial charge in [-0.3, -0.25) is 4.90 Å². The topological polar surface area (TPSA) is 41.9 Å². The van der Waals surface area contributed by atoms with E-state index in [4.69, 9.17) is 14.6 Å². The van der Waals surface area contributed by atoms with Crippen LogP contribution in [-0.2, 0) is 9.47 Å². The summed E-state index contributed by atoms with van der Waals surface area (Å²) in [6.45, 7) is 3.47. The smallest absolute Gasteiger partial charge is 0.173 e. The van der Waals surface area contributed by atoms with Gasteiger partial charge in [0, 0.05) is 6.54 Å². The summed E-state index contributed by atoms with van der Waals surface area (Å²) in [7, 11) is 0. The van der Waals surface area contributed by atoms with Crippen LogP contribution in [0, 0.1) is 0 Å². The van der Waals surface area contributed by atoms with E-state index >= 15 is 0 Å². The average Bonchev–Trinajstić information content (AvgIpc) is 2.72. The van der Waals surface area contributed by atoms with Gasteiger partial charge in [-0.15, -0.1) is 0 Å². The molecule has 1 N–H and O–H groups in total. The predicted octanol–water partition coefficient (Wildman–Crippen LogP) is 0.206. The van der Waals surface area contributed by atoms with E-state index in [9.17, 15) is 0 Å². The highest BCUT2D eigenvalue weighted by Crippen LogP contribution is 2.23. The highest BCUT2D eigenvalue weighted by molar-refractivity contribution is 4.81. The summed E-state index contributed by atoms with van der Waals surface area (Å²) >= 11 is 0. The normalized spacial score (nSPS) is 31.1. The van der Waals surface area contributed by atoms with Gasteiger partial charge >= 0.3 is 0 Å². The molecule has 82 valence electrons. The van der Waals surface area contributed by atoms with Gasteiger partial charge < -0.3 is 14.6 Å². The predicted molar refractivity (Wildman–Crippen MR) is 52.0 cm³/mol. The first-order valence-corrected chi connectivity index (χ1v) is 5.50. The minimum atomic E-state index is -0.0538. The molecule has 4 nitrogen and oxygen atoms in total. The first kappa shape index (κ1) is 10.4. The third-order valence-corrected chi connectivity index (χ3v) is 3.01. The molecule has 0 aromatic rings. The van der Waals surface area contributed by atoms with Gasteiger partial charge in [0.25, 0.3) is 0 Å². The first-order valence-electron chi connectivity index (χ1n) is 5.50. The van der Waals surface area contributed by atoms with E-state index in [1.54, 1.807) is 0 Å². The third kappa shape index (κ3) is 2.25. The molecule has 0 aromatic carbocycles. The molecule has 2 heterocycles. The van der Waals surface area contributed by atoms with Crippen LogP contribution < -0.4 is 0 Å². The van der Waals surface area contributed by atoms with Crippen molar-refractivity contribution in [3.63, 3.8) is 0 Å². The first-order chi connectivity index (χ1) is 6.92. The van der Waals surface area contributed by atoms with Gasteiger partial charge in [0.05, 0.1) is 25.9 Å². The lowest BCUT2D eigenvalue weighted by molar-refractivity contribution is -0.110. The van der Waals surface area contributed by atoms with Crippen molar-refractivity contribution >= 4 is 0 Å². The molecular formula is C10H19NO3. The quantitative estimate of drug-likeness (QED) is 0.708. The second-order valence-corrected chi connectivity index (χ2v) is 3.93. The van der Waals surface area contributed by atoms with E-state index in [-0.39, 0.29) is 12.9 Å². The van der Waals surface area contributed by atoms with Crippen LogP contribution in [0.15, 0.2) is 0 Å². The van der Waals surface area contributed by atoms with Gasteiger partial charge in [-0.2, -0.15) is 0 Å². The molecule has 4 heteroatoms. The lowest BCUT2D eigenvalue weighted by Crippen LogP contribution is -2.48. The van der Waals surface area contributed by atoms with Gasteiger partial charge in [0.2, 0.25) is 0 Å². The third-order valence-electron chi connectivity index (χ3n) is 3.01. The highest BCUT2D eigenvalue weighted by atomic mass is 16.7. The summed E-state index contributed by atoms with van der Waals surface area (Å²) in [5.74, 6) is 0. The Labute approximate surface area is 84.8 Å². The number of β-amino-alcohol motifs (C(OH)–C–C–N with tert-alkyl or cyclic N) is 1. The van der Waals surface area contributed by atoms with Crippen LogP contribution in [0.25, 0.3) is 0 Å². The number of aliphatic hydroxyl groups excluding tert-OH is 1. The Kier molecular flexibility index (Phi) is 3.75. The minimum absolute atomic E-state index is 0.0538. The molecule has 0 aromatic heterocycles. The molecule has 2 aliphatic rings. The Hall–Kier alpha value is -0.160. The van der Waals surface area contributed by atoms with Crippen LogP contribution in [0.3, 0.4) is 0 Å². The Morgan fingerprint density at radius 3 is 2.71 bits per heavy atom. The monoisotopic (exact) mass is 201 g/mol. The second kappa shape index (κ2) is 5.07. The molecule has 1 unspecified atom stereocenters. The van der Waals surface area contributed by atoms with E-state index in [0.29, 0.717) is 19.3 Å². The zero-order valence-electron chi connectivity index (χ0n) is 8.52. The summed E-state index contributed by atoms with van der Waals surface area (Å²) < 4.78 is 11.0. The van der Waals surface area contributed by atoms with Crippen molar-refractivity contribution in [3.8, 4) is 0 Å². The number of ether oxygens (including phenoxy) is 2. The fraction of sp³-hybridized carbons (Fsp3) is 1.00. The maximum atomic E-state index is 8.96. The zero-order chi connectivity index (χ0) is 9.80. The molecule has 0 radical (unpaired) electrons. The second-order valence-electron chi connectivity index (χ2n) is 3.93. The molecule has 2 saturated heterocycles. The summed E-state index contributed by atoms with van der Waals surface area (Å²) in [5, 5.41) is 8.96. The van der Waals surface area contributed by atoms with E-state index < -0.39 is 0 Å². The van der Waals surface area contributed by atoms with Crippen LogP contribution in [0.1, 0.15) is 19.3 Å². The number of piperidine rings is 1. The number of likely N-dealkylation sites (tertiary alicyclic amines) is 1. The van der Waals surface area contributed by atoms with Crippen molar-refractivity contribution in [1.29, 1.82) is 0 Å². The lowest BCUT2D eigenvalue weighted by Gasteiger charge is -2.37. The number of rotatable bonds is 3. The maximum Gasteiger partial charge on any atom is 0.173 e. The summed E-state index contributed by atoms with van der Waals surface area (Å²) in [6.07, 6.45) is 3.55. The van der Waals surface area contributed by atoms with E-state index in [1.807, 2.05) is 0 Å². The zero-order valence-corrected chi connectivity index (χ0v) is 8.52. The van der Waals surface area contributed by atoms with Crippen LogP contribution >= 0.6 is 0 Å². The minimum Gasteiger partial charge on any atom is -0.395 e. The molecule has 0 bridgehead atoms. The van der Waals surface area contributed by atoms with Crippen LogP contribution in [0.4, 0.5) is 0 Å². The van der Waals surface area contributed by atoms with E-state index in [1.165, 1.54) is 12.8 Å². The van der Waals surface area contributed by atoms with Crippen molar-refractivity contribution in [1.82, 2.24) is 4.90 Å². The van der Waals surface area contributed by atoms with E-state index in [2.05, 4.69) is 4.90 Å². The van der Waals surface area contributed by atoms with Crippen LogP contribution in [0.2, 0.25) is 0 Å². The van der Waals surface area contributed by atoms with Crippen molar-refractivity contribution in [3.05, 3.63) is 0 Å². The maximum absolute atomic E-state index is 8.96. The fourth-order valence-corrected chi connectivity index (χ4v) is 2.33. The molecule has 0 aliphatic carbocycles. The van der Waals surface area contributed by atoms with Crippen molar-refractivity contribution in [2.45, 2.75) is 31.6 Å². The molecule has 0 saturated carbocycles. The fourth-order valence-electron chi connectivity index (χ4n) is 2.33. The van der Waals surface area contributed by atoms with Gasteiger partial charge in [0.1, 0.15) is 0 Å². The molecule has 0 amide bonds. The standard InChI is InChI=1S/C10H19NO3/c12-6-5-11-4-2-1-3-9(11)10-13-7-8-14-10/h9-10,12H,1-8H2. The molecule has 2 rings (SSSR count). The summed E-state index contributed by atoms with van der Waals surface area (Å²) in [6, 6.07) is 0.360. The highest BCUT2D eigenvalue weighted by Gasteiger charge is 2.33. The largest absolute Gasteiger partial charge is 0.395 e. The number of nitrogens with zero attached hydrogens (tertiary/aromatic N) is 1. The molecule has 2 aliphatic heterocycles. The van der Waals surface area contributed by atoms with Gasteiger partial charge in [-0.25, -0.2) is 0 Å². The SMILES string of the molecule is OCCN1CCCCC1C1OCCO1. The van der Waals surface area contributed by atoms with Crippen LogP contribution in [0.5, 0.6) is 0 Å².